The molecule has 0 aromatic heterocycles. The molecule has 0 aliphatic heterocycles. The molecule has 0 unspecified atom stereocenters. The van der Waals surface area contributed by atoms with Crippen molar-refractivity contribution in [3.05, 3.63) is 100 Å². The summed E-state index contributed by atoms with van der Waals surface area (Å²) >= 11 is 0. The van der Waals surface area contributed by atoms with E-state index in [0.29, 0.717) is 28.6 Å². The van der Waals surface area contributed by atoms with Crippen LogP contribution in [0.4, 0.5) is 0 Å². The fourth-order valence-electron chi connectivity index (χ4n) is 5.36. The van der Waals surface area contributed by atoms with Crippen molar-refractivity contribution in [3.63, 3.8) is 0 Å². The monoisotopic (exact) mass is 800 g/mol. The third-order valence-electron chi connectivity index (χ3n) is 7.82. The Hall–Kier alpha value is -4.58. The molecule has 0 N–H and O–H groups in total. The number of ether oxygens (including phenoxy) is 8. The van der Waals surface area contributed by atoms with Crippen LogP contribution in [-0.2, 0) is 12.8 Å². The van der Waals surface area contributed by atoms with E-state index >= 15 is 0 Å². The van der Waals surface area contributed by atoms with Crippen molar-refractivity contribution < 1.29 is 42.7 Å². The molecule has 270 valence electrons. The Bertz CT molecular complexity index is 1680. The van der Waals surface area contributed by atoms with Crippen LogP contribution in [-0.4, -0.2) is 62.7 Å². The van der Waals surface area contributed by atoms with Gasteiger partial charge < -0.3 is 37.9 Å². The van der Waals surface area contributed by atoms with Crippen molar-refractivity contribution in [1.29, 1.82) is 0 Å². The van der Waals surface area contributed by atoms with Crippen LogP contribution in [0.2, 0.25) is 0 Å². The van der Waals surface area contributed by atoms with Crippen LogP contribution in [0.5, 0.6) is 46.0 Å². The average Bonchev–Trinajstić information content (AvgIpc) is 3.13. The lowest BCUT2D eigenvalue weighted by atomic mass is 10.0. The van der Waals surface area contributed by atoms with Gasteiger partial charge in [-0.1, -0.05) is 18.2 Å². The Morgan fingerprint density at radius 1 is 0.520 bits per heavy atom. The topological polar surface area (TPSA) is 90.9 Å². The third-order valence-corrected chi connectivity index (χ3v) is 7.82. The zero-order chi connectivity index (χ0) is 35.9. The lowest BCUT2D eigenvalue weighted by Gasteiger charge is -2.14. The molecule has 0 heterocycles. The number of allylic oxidation sites excluding steroid dienone is 1. The Balaban J connectivity index is 0.000000340. The predicted octanol–water partition coefficient (Wildman–Crippen LogP) is 8.75. The number of benzene rings is 4. The van der Waals surface area contributed by atoms with Crippen molar-refractivity contribution in [2.45, 2.75) is 33.1 Å². The second kappa shape index (κ2) is 20.8. The summed E-state index contributed by atoms with van der Waals surface area (Å²) in [7, 11) is 12.9. The molecular formula is C40H49IO9. The first-order chi connectivity index (χ1) is 23.7. The SMILES string of the molecule is COc1ccc(/C=C/C(=O)c2c(OC)cc(C)cc2OC)cc1OC.COc1ccc(CCCc2c(OC)cc(C)cc2OC)cc1OC.I. The highest BCUT2D eigenvalue weighted by Crippen LogP contribution is 2.34. The highest BCUT2D eigenvalue weighted by atomic mass is 127. The quantitative estimate of drug-likeness (QED) is 0.0666. The van der Waals surface area contributed by atoms with Crippen molar-refractivity contribution >= 4 is 35.8 Å². The second-order valence-electron chi connectivity index (χ2n) is 11.0. The molecule has 0 spiro atoms. The zero-order valence-electron chi connectivity index (χ0n) is 30.6. The van der Waals surface area contributed by atoms with Gasteiger partial charge in [0, 0.05) is 5.56 Å². The first-order valence-electron chi connectivity index (χ1n) is 15.8. The summed E-state index contributed by atoms with van der Waals surface area (Å²) in [6.45, 7) is 3.96. The summed E-state index contributed by atoms with van der Waals surface area (Å²) in [5, 5.41) is 0. The second-order valence-corrected chi connectivity index (χ2v) is 11.0. The standard InChI is InChI=1S/C20H22O5.C20H26O4.HI/c1-13-10-18(24-4)20(19(11-13)25-5)15(21)8-6-14-7-9-16(22-2)17(12-14)23-3;1-14-11-18(22-3)16(19(12-14)23-4)8-6-7-15-9-10-17(21-2)20(13-15)24-5;/h6-12H,1-5H3;9-13H,6-8H2,1-5H3;1H/b8-6+;;. The van der Waals surface area contributed by atoms with Crippen LogP contribution in [0.25, 0.3) is 6.08 Å². The van der Waals surface area contributed by atoms with E-state index in [1.807, 2.05) is 44.2 Å². The number of methoxy groups -OCH3 is 8. The minimum atomic E-state index is -0.205. The van der Waals surface area contributed by atoms with E-state index < -0.39 is 0 Å². The zero-order valence-corrected chi connectivity index (χ0v) is 33.0. The maximum absolute atomic E-state index is 12.7. The fourth-order valence-corrected chi connectivity index (χ4v) is 5.36. The summed E-state index contributed by atoms with van der Waals surface area (Å²) in [5.41, 5.74) is 5.63. The third kappa shape index (κ3) is 11.0. The van der Waals surface area contributed by atoms with E-state index in [-0.39, 0.29) is 29.8 Å². The molecule has 0 aliphatic rings. The summed E-state index contributed by atoms with van der Waals surface area (Å²) in [6, 6.07) is 19.2. The Kier molecular flexibility index (Phi) is 17.3. The molecule has 9 nitrogen and oxygen atoms in total. The number of ketones is 1. The van der Waals surface area contributed by atoms with Gasteiger partial charge in [-0.3, -0.25) is 4.79 Å². The van der Waals surface area contributed by atoms with Crippen molar-refractivity contribution in [2.75, 3.05) is 56.9 Å². The first-order valence-corrected chi connectivity index (χ1v) is 15.8. The fraction of sp³-hybridized carbons (Fsp3) is 0.325. The van der Waals surface area contributed by atoms with Crippen LogP contribution in [0.1, 0.15) is 44.6 Å². The number of carbonyl (C=O) groups excluding carboxylic acids is 1. The summed E-state index contributed by atoms with van der Waals surface area (Å²) in [5.74, 6) is 5.29. The molecule has 0 bridgehead atoms. The minimum Gasteiger partial charge on any atom is -0.496 e. The Labute approximate surface area is 313 Å². The number of hydrogen-bond donors (Lipinski definition) is 0. The Morgan fingerprint density at radius 3 is 1.44 bits per heavy atom. The van der Waals surface area contributed by atoms with Gasteiger partial charge in [-0.25, -0.2) is 0 Å². The lowest BCUT2D eigenvalue weighted by molar-refractivity contribution is 0.104. The van der Waals surface area contributed by atoms with Gasteiger partial charge in [-0.2, -0.15) is 0 Å². The number of hydrogen-bond acceptors (Lipinski definition) is 9. The minimum absolute atomic E-state index is 0. The van der Waals surface area contributed by atoms with Crippen molar-refractivity contribution in [3.8, 4) is 46.0 Å². The first kappa shape index (κ1) is 41.6. The van der Waals surface area contributed by atoms with Crippen LogP contribution in [0.15, 0.2) is 66.7 Å². The van der Waals surface area contributed by atoms with Gasteiger partial charge in [0.15, 0.2) is 28.8 Å². The van der Waals surface area contributed by atoms with Gasteiger partial charge in [0.05, 0.1) is 56.9 Å². The van der Waals surface area contributed by atoms with Gasteiger partial charge in [-0.15, -0.1) is 24.0 Å². The van der Waals surface area contributed by atoms with E-state index in [1.165, 1.54) is 25.9 Å². The van der Waals surface area contributed by atoms with Gasteiger partial charge >= 0.3 is 0 Å². The number of halogens is 1. The van der Waals surface area contributed by atoms with Crippen LogP contribution >= 0.6 is 24.0 Å². The molecule has 4 rings (SSSR count). The van der Waals surface area contributed by atoms with Crippen LogP contribution in [0.3, 0.4) is 0 Å². The lowest BCUT2D eigenvalue weighted by Crippen LogP contribution is -2.03. The van der Waals surface area contributed by atoms with Gasteiger partial charge in [-0.05, 0) is 110 Å². The van der Waals surface area contributed by atoms with Crippen LogP contribution < -0.4 is 37.9 Å². The molecule has 0 saturated carbocycles. The average molecular weight is 801 g/mol. The van der Waals surface area contributed by atoms with Crippen molar-refractivity contribution in [2.24, 2.45) is 0 Å². The highest BCUT2D eigenvalue weighted by molar-refractivity contribution is 14.0. The molecule has 4 aromatic rings. The molecule has 50 heavy (non-hydrogen) atoms. The summed E-state index contributed by atoms with van der Waals surface area (Å²) < 4.78 is 42.8. The molecule has 0 aliphatic carbocycles. The molecule has 10 heteroatoms. The molecule has 0 saturated heterocycles. The molecule has 0 amide bonds. The van der Waals surface area contributed by atoms with Gasteiger partial charge in [0.25, 0.3) is 0 Å². The highest BCUT2D eigenvalue weighted by Gasteiger charge is 2.17. The van der Waals surface area contributed by atoms with Gasteiger partial charge in [0.1, 0.15) is 28.6 Å². The predicted molar refractivity (Wildman–Crippen MR) is 208 cm³/mol. The van der Waals surface area contributed by atoms with Crippen LogP contribution in [0, 0.1) is 13.8 Å². The van der Waals surface area contributed by atoms with E-state index in [2.05, 4.69) is 6.07 Å². The maximum atomic E-state index is 12.7. The molecule has 0 radical (unpaired) electrons. The van der Waals surface area contributed by atoms with Crippen molar-refractivity contribution in [1.82, 2.24) is 0 Å². The molecule has 0 atom stereocenters. The van der Waals surface area contributed by atoms with E-state index in [0.717, 1.165) is 64.5 Å². The molecular weight excluding hydrogens is 751 g/mol. The molecule has 0 fully saturated rings. The largest absolute Gasteiger partial charge is 0.496 e. The normalized spacial score (nSPS) is 10.3. The van der Waals surface area contributed by atoms with E-state index in [1.54, 1.807) is 73.0 Å². The van der Waals surface area contributed by atoms with E-state index in [9.17, 15) is 4.79 Å². The number of carbonyl (C=O) groups is 1. The summed E-state index contributed by atoms with van der Waals surface area (Å²) in [6.07, 6.45) is 6.02. The maximum Gasteiger partial charge on any atom is 0.193 e. The number of rotatable bonds is 15. The van der Waals surface area contributed by atoms with E-state index in [4.69, 9.17) is 37.9 Å². The smallest absolute Gasteiger partial charge is 0.193 e. The summed E-state index contributed by atoms with van der Waals surface area (Å²) in [4.78, 5) is 12.7. The number of aryl methyl sites for hydroxylation is 3. The Morgan fingerprint density at radius 2 is 0.960 bits per heavy atom. The molecule has 4 aromatic carbocycles. The van der Waals surface area contributed by atoms with Gasteiger partial charge in [0.2, 0.25) is 0 Å².